The molecule has 1 spiro atoms. The number of amides is 1. The standard InChI is InChI=1S/C26H45N3O5/c1-2-34-25(33)21(13-12-19-9-3-4-10-19)28-20(11-5-8-16-27)23(30)29-18-26(14-6-7-15-26)17-22(29)24(31)32/h19-22,28H,2-18,27H2,1H3,(H,31,32)/t20-,21?,22?/m0/s1. The molecule has 3 fully saturated rings. The third-order valence-corrected chi connectivity index (χ3v) is 8.30. The molecule has 8 heteroatoms. The summed E-state index contributed by atoms with van der Waals surface area (Å²) >= 11 is 0. The molecule has 1 saturated heterocycles. The van der Waals surface area contributed by atoms with Crippen LogP contribution in [0.5, 0.6) is 0 Å². The van der Waals surface area contributed by atoms with Crippen molar-refractivity contribution in [3.8, 4) is 0 Å². The van der Waals surface area contributed by atoms with Crippen molar-refractivity contribution in [2.75, 3.05) is 19.7 Å². The van der Waals surface area contributed by atoms with E-state index in [1.54, 1.807) is 11.8 Å². The molecule has 3 rings (SSSR count). The van der Waals surface area contributed by atoms with Gasteiger partial charge in [0.2, 0.25) is 5.91 Å². The van der Waals surface area contributed by atoms with Crippen LogP contribution in [0, 0.1) is 11.3 Å². The number of nitrogens with zero attached hydrogens (tertiary/aromatic N) is 1. The maximum Gasteiger partial charge on any atom is 0.326 e. The number of hydrogen-bond acceptors (Lipinski definition) is 6. The fraction of sp³-hybridized carbons (Fsp3) is 0.885. The van der Waals surface area contributed by atoms with Crippen LogP contribution in [0.4, 0.5) is 0 Å². The molecule has 4 N–H and O–H groups in total. The van der Waals surface area contributed by atoms with E-state index >= 15 is 0 Å². The van der Waals surface area contributed by atoms with Gasteiger partial charge in [-0.05, 0) is 69.7 Å². The first-order valence-corrected chi connectivity index (χ1v) is 13.5. The molecule has 34 heavy (non-hydrogen) atoms. The zero-order valence-electron chi connectivity index (χ0n) is 20.9. The molecule has 0 aromatic heterocycles. The molecule has 3 atom stereocenters. The second-order valence-electron chi connectivity index (χ2n) is 10.8. The third kappa shape index (κ3) is 6.94. The average molecular weight is 480 g/mol. The molecule has 1 aliphatic heterocycles. The molecule has 194 valence electrons. The van der Waals surface area contributed by atoms with Crippen LogP contribution in [-0.2, 0) is 19.1 Å². The van der Waals surface area contributed by atoms with Gasteiger partial charge in [-0.25, -0.2) is 4.79 Å². The Balaban J connectivity index is 1.74. The quantitative estimate of drug-likeness (QED) is 0.274. The molecule has 2 unspecified atom stereocenters. The fourth-order valence-electron chi connectivity index (χ4n) is 6.42. The van der Waals surface area contributed by atoms with Gasteiger partial charge in [0.15, 0.2) is 0 Å². The summed E-state index contributed by atoms with van der Waals surface area (Å²) in [5.41, 5.74) is 5.63. The van der Waals surface area contributed by atoms with Crippen LogP contribution >= 0.6 is 0 Å². The lowest BCUT2D eigenvalue weighted by molar-refractivity contribution is -0.150. The summed E-state index contributed by atoms with van der Waals surface area (Å²) in [6.45, 7) is 3.12. The number of unbranched alkanes of at least 4 members (excludes halogenated alkanes) is 1. The minimum Gasteiger partial charge on any atom is -0.480 e. The van der Waals surface area contributed by atoms with Crippen LogP contribution in [0.15, 0.2) is 0 Å². The molecule has 0 aromatic rings. The van der Waals surface area contributed by atoms with Crippen molar-refractivity contribution in [2.45, 2.75) is 115 Å². The second kappa shape index (κ2) is 12.9. The Morgan fingerprint density at radius 1 is 1.09 bits per heavy atom. The van der Waals surface area contributed by atoms with Crippen LogP contribution in [0.3, 0.4) is 0 Å². The predicted octanol–water partition coefficient (Wildman–Crippen LogP) is 3.22. The van der Waals surface area contributed by atoms with Crippen LogP contribution in [0.1, 0.15) is 96.8 Å². The Morgan fingerprint density at radius 3 is 2.41 bits per heavy atom. The van der Waals surface area contributed by atoms with Crippen LogP contribution in [0.25, 0.3) is 0 Å². The SMILES string of the molecule is CCOC(=O)C(CCC1CCCC1)N[C@@H](CCCCN)C(=O)N1CC2(CCCC2)CC1C(=O)O. The van der Waals surface area contributed by atoms with Crippen LogP contribution < -0.4 is 11.1 Å². The maximum absolute atomic E-state index is 13.8. The monoisotopic (exact) mass is 479 g/mol. The highest BCUT2D eigenvalue weighted by Gasteiger charge is 2.50. The number of likely N-dealkylation sites (tertiary alicyclic amines) is 1. The van der Waals surface area contributed by atoms with Gasteiger partial charge in [0.05, 0.1) is 12.6 Å². The van der Waals surface area contributed by atoms with Crippen molar-refractivity contribution < 1.29 is 24.2 Å². The van der Waals surface area contributed by atoms with Crippen LogP contribution in [-0.4, -0.2) is 65.7 Å². The average Bonchev–Trinajstić information content (AvgIpc) is 3.57. The molecule has 8 nitrogen and oxygen atoms in total. The number of carboxylic acids is 1. The first-order valence-electron chi connectivity index (χ1n) is 13.5. The highest BCUT2D eigenvalue weighted by atomic mass is 16.5. The zero-order chi connectivity index (χ0) is 24.6. The molecule has 3 aliphatic rings. The number of carboxylic acid groups (broad SMARTS) is 1. The van der Waals surface area contributed by atoms with Gasteiger partial charge in [0.1, 0.15) is 12.1 Å². The van der Waals surface area contributed by atoms with Gasteiger partial charge in [-0.15, -0.1) is 0 Å². The number of rotatable bonds is 13. The molecule has 2 aliphatic carbocycles. The van der Waals surface area contributed by atoms with E-state index in [2.05, 4.69) is 5.32 Å². The van der Waals surface area contributed by atoms with Crippen LogP contribution in [0.2, 0.25) is 0 Å². The number of ether oxygens (including phenoxy) is 1. The Kier molecular flexibility index (Phi) is 10.2. The molecule has 0 radical (unpaired) electrons. The third-order valence-electron chi connectivity index (χ3n) is 8.30. The summed E-state index contributed by atoms with van der Waals surface area (Å²) < 4.78 is 5.35. The lowest BCUT2D eigenvalue weighted by atomic mass is 9.84. The van der Waals surface area contributed by atoms with Crippen molar-refractivity contribution in [3.05, 3.63) is 0 Å². The number of aliphatic carboxylic acids is 1. The smallest absolute Gasteiger partial charge is 0.326 e. The summed E-state index contributed by atoms with van der Waals surface area (Å²) in [5, 5.41) is 13.2. The van der Waals surface area contributed by atoms with Crippen molar-refractivity contribution in [3.63, 3.8) is 0 Å². The molecule has 0 aromatic carbocycles. The van der Waals surface area contributed by atoms with Gasteiger partial charge in [-0.3, -0.25) is 14.9 Å². The van der Waals surface area contributed by atoms with E-state index in [1.165, 1.54) is 25.7 Å². The normalized spacial score (nSPS) is 23.9. The number of hydrogen-bond donors (Lipinski definition) is 3. The lowest BCUT2D eigenvalue weighted by Gasteiger charge is -2.31. The maximum atomic E-state index is 13.8. The second-order valence-corrected chi connectivity index (χ2v) is 10.8. The fourth-order valence-corrected chi connectivity index (χ4v) is 6.42. The largest absolute Gasteiger partial charge is 0.480 e. The highest BCUT2D eigenvalue weighted by Crippen LogP contribution is 2.48. The number of nitrogens with two attached hydrogens (primary N) is 1. The van der Waals surface area contributed by atoms with E-state index in [4.69, 9.17) is 10.5 Å². The van der Waals surface area contributed by atoms with E-state index in [1.807, 2.05) is 0 Å². The van der Waals surface area contributed by atoms with Crippen molar-refractivity contribution in [1.29, 1.82) is 0 Å². The highest BCUT2D eigenvalue weighted by molar-refractivity contribution is 5.88. The van der Waals surface area contributed by atoms with Crippen molar-refractivity contribution in [2.24, 2.45) is 17.1 Å². The minimum atomic E-state index is -0.930. The molecule has 0 bridgehead atoms. The van der Waals surface area contributed by atoms with Gasteiger partial charge in [0.25, 0.3) is 0 Å². The Bertz CT molecular complexity index is 688. The number of carbonyl (C=O) groups excluding carboxylic acids is 2. The molecule has 2 saturated carbocycles. The summed E-state index contributed by atoms with van der Waals surface area (Å²) in [6, 6.07) is -1.95. The molecular formula is C26H45N3O5. The van der Waals surface area contributed by atoms with Crippen molar-refractivity contribution >= 4 is 17.8 Å². The van der Waals surface area contributed by atoms with Crippen molar-refractivity contribution in [1.82, 2.24) is 10.2 Å². The Hall–Kier alpha value is -1.67. The van der Waals surface area contributed by atoms with E-state index in [0.29, 0.717) is 44.9 Å². The van der Waals surface area contributed by atoms with Gasteiger partial charge in [-0.2, -0.15) is 0 Å². The number of esters is 1. The van der Waals surface area contributed by atoms with Gasteiger partial charge < -0.3 is 20.5 Å². The molecule has 1 heterocycles. The van der Waals surface area contributed by atoms with E-state index in [-0.39, 0.29) is 17.3 Å². The number of carbonyl (C=O) groups is 3. The summed E-state index contributed by atoms with van der Waals surface area (Å²) in [4.78, 5) is 40.3. The van der Waals surface area contributed by atoms with Gasteiger partial charge >= 0.3 is 11.9 Å². The van der Waals surface area contributed by atoms with Gasteiger partial charge in [0, 0.05) is 6.54 Å². The molecular weight excluding hydrogens is 434 g/mol. The number of nitrogens with one attached hydrogen (secondary N) is 1. The van der Waals surface area contributed by atoms with E-state index in [9.17, 15) is 19.5 Å². The first kappa shape index (κ1) is 26.9. The summed E-state index contributed by atoms with van der Waals surface area (Å²) in [7, 11) is 0. The Labute approximate surface area is 204 Å². The summed E-state index contributed by atoms with van der Waals surface area (Å²) in [6.07, 6.45) is 13.2. The lowest BCUT2D eigenvalue weighted by Crippen LogP contribution is -2.54. The van der Waals surface area contributed by atoms with E-state index in [0.717, 1.165) is 44.9 Å². The first-order chi connectivity index (χ1) is 16.4. The topological polar surface area (TPSA) is 122 Å². The summed E-state index contributed by atoms with van der Waals surface area (Å²) in [5.74, 6) is -0.813. The van der Waals surface area contributed by atoms with Gasteiger partial charge in [-0.1, -0.05) is 44.9 Å². The van der Waals surface area contributed by atoms with E-state index < -0.39 is 24.1 Å². The Morgan fingerprint density at radius 2 is 1.79 bits per heavy atom. The minimum absolute atomic E-state index is 0.0659. The predicted molar refractivity (Wildman–Crippen MR) is 130 cm³/mol. The molecule has 1 amide bonds. The zero-order valence-corrected chi connectivity index (χ0v) is 20.9.